The molecule has 0 aromatic rings. The number of rotatable bonds is 5. The van der Waals surface area contributed by atoms with Crippen LogP contribution in [0.3, 0.4) is 0 Å². The second-order valence-corrected chi connectivity index (χ2v) is 7.45. The summed E-state index contributed by atoms with van der Waals surface area (Å²) in [6, 6.07) is -0.204. The van der Waals surface area contributed by atoms with Crippen molar-refractivity contribution in [1.82, 2.24) is 9.21 Å². The van der Waals surface area contributed by atoms with Gasteiger partial charge in [0.2, 0.25) is 10.0 Å². The van der Waals surface area contributed by atoms with E-state index in [-0.39, 0.29) is 11.8 Å². The van der Waals surface area contributed by atoms with E-state index in [1.807, 2.05) is 4.90 Å². The Labute approximate surface area is 120 Å². The molecule has 0 aromatic heterocycles. The second kappa shape index (κ2) is 6.24. The first-order valence-corrected chi connectivity index (χ1v) is 8.64. The van der Waals surface area contributed by atoms with E-state index < -0.39 is 22.0 Å². The molecule has 1 unspecified atom stereocenters. The molecule has 7 heteroatoms. The highest BCUT2D eigenvalue weighted by molar-refractivity contribution is 7.89. The monoisotopic (exact) mass is 302 g/mol. The van der Waals surface area contributed by atoms with Gasteiger partial charge in [0, 0.05) is 19.1 Å². The summed E-state index contributed by atoms with van der Waals surface area (Å²) in [7, 11) is -3.23. The normalized spacial score (nSPS) is 26.7. The fraction of sp³-hybridized carbons (Fsp3) is 0.769. The van der Waals surface area contributed by atoms with Crippen LogP contribution in [-0.4, -0.2) is 66.2 Å². The molecule has 0 bridgehead atoms. The van der Waals surface area contributed by atoms with Crippen molar-refractivity contribution in [2.45, 2.75) is 37.8 Å². The van der Waals surface area contributed by atoms with Crippen molar-refractivity contribution in [2.24, 2.45) is 0 Å². The van der Waals surface area contributed by atoms with Crippen LogP contribution < -0.4 is 0 Å². The molecule has 0 spiro atoms. The fourth-order valence-corrected chi connectivity index (χ4v) is 4.47. The molecule has 2 fully saturated rings. The summed E-state index contributed by atoms with van der Waals surface area (Å²) in [6.45, 7) is 5.23. The minimum atomic E-state index is -3.23. The molecule has 0 amide bonds. The number of likely N-dealkylation sites (tertiary alicyclic amines) is 1. The van der Waals surface area contributed by atoms with Crippen molar-refractivity contribution in [2.75, 3.05) is 25.4 Å². The summed E-state index contributed by atoms with van der Waals surface area (Å²) in [5.74, 6) is -0.789. The summed E-state index contributed by atoms with van der Waals surface area (Å²) >= 11 is 0. The number of nitrogens with zero attached hydrogens (tertiary/aromatic N) is 2. The summed E-state index contributed by atoms with van der Waals surface area (Å²) in [4.78, 5) is 13.2. The van der Waals surface area contributed by atoms with E-state index in [1.165, 1.54) is 10.4 Å². The second-order valence-electron chi connectivity index (χ2n) is 5.43. The molecule has 0 aromatic carbocycles. The molecule has 6 nitrogen and oxygen atoms in total. The van der Waals surface area contributed by atoms with Gasteiger partial charge in [0.05, 0.1) is 5.75 Å². The average Bonchev–Trinajstić information content (AvgIpc) is 2.88. The highest BCUT2D eigenvalue weighted by atomic mass is 32.2. The Hall–Kier alpha value is -0.920. The number of carbonyl (C=O) groups is 1. The van der Waals surface area contributed by atoms with Crippen LogP contribution in [0.15, 0.2) is 12.7 Å². The lowest BCUT2D eigenvalue weighted by Crippen LogP contribution is -2.50. The van der Waals surface area contributed by atoms with Gasteiger partial charge in [0.25, 0.3) is 0 Å². The lowest BCUT2D eigenvalue weighted by Gasteiger charge is -2.37. The zero-order valence-corrected chi connectivity index (χ0v) is 12.4. The van der Waals surface area contributed by atoms with E-state index in [0.717, 1.165) is 13.0 Å². The predicted octanol–water partition coefficient (Wildman–Crippen LogP) is 0.516. The summed E-state index contributed by atoms with van der Waals surface area (Å²) in [5.41, 5.74) is 0. The average molecular weight is 302 g/mol. The molecule has 0 radical (unpaired) electrons. The third kappa shape index (κ3) is 3.21. The number of hydrogen-bond donors (Lipinski definition) is 1. The van der Waals surface area contributed by atoms with E-state index in [4.69, 9.17) is 0 Å². The smallest absolute Gasteiger partial charge is 0.320 e. The molecule has 1 atom stereocenters. The molecular weight excluding hydrogens is 280 g/mol. The Kier molecular flexibility index (Phi) is 4.82. The Balaban J connectivity index is 1.94. The fourth-order valence-electron chi connectivity index (χ4n) is 3.20. The summed E-state index contributed by atoms with van der Waals surface area (Å²) in [5, 5.41) is 9.21. The van der Waals surface area contributed by atoms with Gasteiger partial charge >= 0.3 is 5.97 Å². The van der Waals surface area contributed by atoms with E-state index in [2.05, 4.69) is 6.58 Å². The number of piperidine rings is 1. The topological polar surface area (TPSA) is 77.9 Å². The third-order valence-electron chi connectivity index (χ3n) is 4.19. The van der Waals surface area contributed by atoms with Crippen LogP contribution >= 0.6 is 0 Å². The molecule has 2 heterocycles. The first-order chi connectivity index (χ1) is 9.45. The standard InChI is InChI=1S/C13H22N2O4S/c1-2-10-20(18,19)14-8-5-11(6-9-14)15-7-3-4-12(15)13(16)17/h2,11-12H,1,3-10H2,(H,16,17). The third-order valence-corrected chi connectivity index (χ3v) is 6.00. The first kappa shape index (κ1) is 15.5. The van der Waals surface area contributed by atoms with Crippen LogP contribution in [-0.2, 0) is 14.8 Å². The number of carboxylic acid groups (broad SMARTS) is 1. The van der Waals surface area contributed by atoms with Crippen LogP contribution in [0.25, 0.3) is 0 Å². The number of aliphatic carboxylic acids is 1. The molecule has 2 aliphatic rings. The maximum absolute atomic E-state index is 11.9. The number of hydrogen-bond acceptors (Lipinski definition) is 4. The van der Waals surface area contributed by atoms with Crippen molar-refractivity contribution in [3.8, 4) is 0 Å². The van der Waals surface area contributed by atoms with Gasteiger partial charge in [-0.3, -0.25) is 9.69 Å². The lowest BCUT2D eigenvalue weighted by atomic mass is 10.0. The van der Waals surface area contributed by atoms with Crippen molar-refractivity contribution in [1.29, 1.82) is 0 Å². The van der Waals surface area contributed by atoms with Gasteiger partial charge in [-0.1, -0.05) is 6.08 Å². The summed E-state index contributed by atoms with van der Waals surface area (Å²) < 4.78 is 25.4. The molecule has 114 valence electrons. The zero-order chi connectivity index (χ0) is 14.8. The highest BCUT2D eigenvalue weighted by Crippen LogP contribution is 2.27. The van der Waals surface area contributed by atoms with E-state index in [9.17, 15) is 18.3 Å². The molecule has 0 aliphatic carbocycles. The molecule has 1 N–H and O–H groups in total. The minimum absolute atomic E-state index is 0.0286. The maximum atomic E-state index is 11.9. The molecule has 2 aliphatic heterocycles. The lowest BCUT2D eigenvalue weighted by molar-refractivity contribution is -0.143. The summed E-state index contributed by atoms with van der Waals surface area (Å²) in [6.07, 6.45) is 4.43. The molecule has 2 rings (SSSR count). The number of sulfonamides is 1. The van der Waals surface area contributed by atoms with Gasteiger partial charge in [-0.2, -0.15) is 0 Å². The minimum Gasteiger partial charge on any atom is -0.480 e. The Bertz CT molecular complexity index is 469. The van der Waals surface area contributed by atoms with Crippen molar-refractivity contribution < 1.29 is 18.3 Å². The Morgan fingerprint density at radius 2 is 1.90 bits per heavy atom. The van der Waals surface area contributed by atoms with Gasteiger partial charge in [-0.05, 0) is 32.2 Å². The van der Waals surface area contributed by atoms with Crippen LogP contribution in [0.1, 0.15) is 25.7 Å². The van der Waals surface area contributed by atoms with Crippen LogP contribution in [0, 0.1) is 0 Å². The van der Waals surface area contributed by atoms with E-state index in [0.29, 0.717) is 32.4 Å². The van der Waals surface area contributed by atoms with Gasteiger partial charge in [-0.15, -0.1) is 6.58 Å². The largest absolute Gasteiger partial charge is 0.480 e. The van der Waals surface area contributed by atoms with Gasteiger partial charge in [0.1, 0.15) is 6.04 Å². The highest BCUT2D eigenvalue weighted by Gasteiger charge is 2.38. The Morgan fingerprint density at radius 3 is 2.45 bits per heavy atom. The van der Waals surface area contributed by atoms with E-state index >= 15 is 0 Å². The van der Waals surface area contributed by atoms with E-state index in [1.54, 1.807) is 0 Å². The molecule has 2 saturated heterocycles. The molecule has 0 saturated carbocycles. The van der Waals surface area contributed by atoms with Crippen LogP contribution in [0.4, 0.5) is 0 Å². The van der Waals surface area contributed by atoms with Crippen LogP contribution in [0.5, 0.6) is 0 Å². The quantitative estimate of drug-likeness (QED) is 0.749. The zero-order valence-electron chi connectivity index (χ0n) is 11.6. The first-order valence-electron chi connectivity index (χ1n) is 7.03. The van der Waals surface area contributed by atoms with Crippen molar-refractivity contribution >= 4 is 16.0 Å². The van der Waals surface area contributed by atoms with Crippen molar-refractivity contribution in [3.63, 3.8) is 0 Å². The molecule has 20 heavy (non-hydrogen) atoms. The van der Waals surface area contributed by atoms with Gasteiger partial charge in [0.15, 0.2) is 0 Å². The molecular formula is C13H22N2O4S. The van der Waals surface area contributed by atoms with Gasteiger partial charge in [-0.25, -0.2) is 12.7 Å². The predicted molar refractivity (Wildman–Crippen MR) is 75.9 cm³/mol. The Morgan fingerprint density at radius 1 is 1.25 bits per heavy atom. The number of carboxylic acids is 1. The van der Waals surface area contributed by atoms with Crippen molar-refractivity contribution in [3.05, 3.63) is 12.7 Å². The van der Waals surface area contributed by atoms with Crippen LogP contribution in [0.2, 0.25) is 0 Å². The maximum Gasteiger partial charge on any atom is 0.320 e. The SMILES string of the molecule is C=CCS(=O)(=O)N1CCC(N2CCCC2C(=O)O)CC1. The van der Waals surface area contributed by atoms with Gasteiger partial charge < -0.3 is 5.11 Å².